The summed E-state index contributed by atoms with van der Waals surface area (Å²) in [4.78, 5) is 24.8. The number of carbonyl (C=O) groups is 2. The lowest BCUT2D eigenvalue weighted by Gasteiger charge is -2.38. The van der Waals surface area contributed by atoms with E-state index in [0.29, 0.717) is 0 Å². The highest BCUT2D eigenvalue weighted by molar-refractivity contribution is 6.74. The van der Waals surface area contributed by atoms with Gasteiger partial charge in [-0.3, -0.25) is 4.79 Å². The minimum Gasteiger partial charge on any atom is -0.459 e. The van der Waals surface area contributed by atoms with Crippen LogP contribution in [-0.4, -0.2) is 32.3 Å². The maximum Gasteiger partial charge on any atom is 0.328 e. The average Bonchev–Trinajstić information content (AvgIpc) is 3.07. The molecule has 1 fully saturated rings. The Morgan fingerprint density at radius 2 is 1.82 bits per heavy atom. The van der Waals surface area contributed by atoms with E-state index in [1.165, 1.54) is 0 Å². The number of ether oxygens (including phenoxy) is 1. The fourth-order valence-corrected chi connectivity index (χ4v) is 4.52. The molecule has 0 spiro atoms. The van der Waals surface area contributed by atoms with Gasteiger partial charge >= 0.3 is 5.97 Å². The Bertz CT molecular complexity index is 669. The molecule has 0 radical (unpaired) electrons. The van der Waals surface area contributed by atoms with Gasteiger partial charge < -0.3 is 14.5 Å². The van der Waals surface area contributed by atoms with Crippen LogP contribution in [-0.2, 0) is 25.4 Å². The van der Waals surface area contributed by atoms with Crippen molar-refractivity contribution in [3.05, 3.63) is 35.9 Å². The normalized spacial score (nSPS) is 21.2. The molecule has 6 heteroatoms. The van der Waals surface area contributed by atoms with E-state index in [4.69, 9.17) is 9.16 Å². The predicted octanol–water partition coefficient (Wildman–Crippen LogP) is 4.43. The fraction of sp³-hybridized carbons (Fsp3) is 0.636. The Morgan fingerprint density at radius 3 is 2.43 bits per heavy atom. The second kappa shape index (κ2) is 9.22. The first-order valence-electron chi connectivity index (χ1n) is 10.2. The summed E-state index contributed by atoms with van der Waals surface area (Å²) in [7, 11) is -1.83. The van der Waals surface area contributed by atoms with Gasteiger partial charge in [0, 0.05) is 12.0 Å². The van der Waals surface area contributed by atoms with Crippen LogP contribution in [0.5, 0.6) is 0 Å². The maximum absolute atomic E-state index is 12.6. The second-order valence-electron chi connectivity index (χ2n) is 9.33. The van der Waals surface area contributed by atoms with E-state index in [9.17, 15) is 9.59 Å². The molecule has 1 N–H and O–H groups in total. The number of benzene rings is 1. The van der Waals surface area contributed by atoms with Crippen LogP contribution in [0.2, 0.25) is 18.1 Å². The summed E-state index contributed by atoms with van der Waals surface area (Å²) in [5.74, 6) is -0.589. The van der Waals surface area contributed by atoms with Crippen LogP contribution >= 0.6 is 0 Å². The Hall–Kier alpha value is -1.66. The van der Waals surface area contributed by atoms with E-state index in [1.54, 1.807) is 6.92 Å². The van der Waals surface area contributed by atoms with E-state index >= 15 is 0 Å². The Morgan fingerprint density at radius 1 is 1.18 bits per heavy atom. The summed E-state index contributed by atoms with van der Waals surface area (Å²) in [5, 5.41) is 2.97. The standard InChI is InChI=1S/C22H35NO4Si/c1-16(21(25)26-15-17-10-8-7-9-11-17)23-20(24)18-12-13-19(14-18)27-28(5,6)22(2,3)4/h7-11,16,18-19H,12-15H2,1-6H3,(H,23,24)/t16?,18-,19+/m0/s1. The van der Waals surface area contributed by atoms with Gasteiger partial charge in [-0.15, -0.1) is 0 Å². The quantitative estimate of drug-likeness (QED) is 0.538. The first-order valence-corrected chi connectivity index (χ1v) is 13.1. The molecule has 0 aromatic heterocycles. The summed E-state index contributed by atoms with van der Waals surface area (Å²) in [6, 6.07) is 8.86. The SMILES string of the molecule is CC(NC(=O)[C@H]1CC[C@@H](O[Si](C)(C)C(C)(C)C)C1)C(=O)OCc1ccccc1. The first-order chi connectivity index (χ1) is 13.0. The highest BCUT2D eigenvalue weighted by Gasteiger charge is 2.41. The zero-order chi connectivity index (χ0) is 20.9. The number of hydrogen-bond donors (Lipinski definition) is 1. The largest absolute Gasteiger partial charge is 0.459 e. The fourth-order valence-electron chi connectivity index (χ4n) is 3.12. The summed E-state index contributed by atoms with van der Waals surface area (Å²) in [6.45, 7) is 13.0. The molecule has 0 aliphatic heterocycles. The molecule has 3 atom stereocenters. The lowest BCUT2D eigenvalue weighted by Crippen LogP contribution is -2.44. The highest BCUT2D eigenvalue weighted by atomic mass is 28.4. The molecule has 2 rings (SSSR count). The molecule has 1 aliphatic rings. The Kier molecular flexibility index (Phi) is 7.45. The minimum atomic E-state index is -1.83. The smallest absolute Gasteiger partial charge is 0.328 e. The van der Waals surface area contributed by atoms with Gasteiger partial charge in [-0.05, 0) is 49.9 Å². The van der Waals surface area contributed by atoms with Gasteiger partial charge in [-0.1, -0.05) is 51.1 Å². The predicted molar refractivity (Wildman–Crippen MR) is 113 cm³/mol. The molecule has 1 saturated carbocycles. The van der Waals surface area contributed by atoms with E-state index < -0.39 is 20.3 Å². The van der Waals surface area contributed by atoms with Gasteiger partial charge in [0.05, 0.1) is 0 Å². The molecule has 0 bridgehead atoms. The summed E-state index contributed by atoms with van der Waals surface area (Å²) >= 11 is 0. The molecule has 28 heavy (non-hydrogen) atoms. The van der Waals surface area contributed by atoms with Gasteiger partial charge in [-0.25, -0.2) is 4.79 Å². The van der Waals surface area contributed by atoms with Crippen molar-refractivity contribution in [1.29, 1.82) is 0 Å². The second-order valence-corrected chi connectivity index (χ2v) is 14.1. The summed E-state index contributed by atoms with van der Waals surface area (Å²) in [6.07, 6.45) is 2.57. The topological polar surface area (TPSA) is 64.6 Å². The Balaban J connectivity index is 1.79. The third kappa shape index (κ3) is 6.17. The lowest BCUT2D eigenvalue weighted by molar-refractivity contribution is -0.149. The van der Waals surface area contributed by atoms with E-state index in [-0.39, 0.29) is 29.6 Å². The van der Waals surface area contributed by atoms with Crippen LogP contribution in [0.3, 0.4) is 0 Å². The molecule has 0 heterocycles. The van der Waals surface area contributed by atoms with Crippen molar-refractivity contribution in [3.8, 4) is 0 Å². The molecule has 1 aliphatic carbocycles. The van der Waals surface area contributed by atoms with Crippen LogP contribution in [0.1, 0.15) is 52.5 Å². The van der Waals surface area contributed by atoms with Crippen molar-refractivity contribution in [2.75, 3.05) is 0 Å². The van der Waals surface area contributed by atoms with Gasteiger partial charge in [0.25, 0.3) is 0 Å². The zero-order valence-corrected chi connectivity index (χ0v) is 19.1. The molecule has 1 aromatic rings. The summed E-state index contributed by atoms with van der Waals surface area (Å²) < 4.78 is 11.8. The number of hydrogen-bond acceptors (Lipinski definition) is 4. The van der Waals surface area contributed by atoms with Crippen LogP contribution in [0, 0.1) is 5.92 Å². The molecule has 1 amide bonds. The van der Waals surface area contributed by atoms with Crippen LogP contribution in [0.4, 0.5) is 0 Å². The maximum atomic E-state index is 12.6. The lowest BCUT2D eigenvalue weighted by atomic mass is 10.1. The van der Waals surface area contributed by atoms with Crippen LogP contribution in [0.25, 0.3) is 0 Å². The van der Waals surface area contributed by atoms with Crippen LogP contribution < -0.4 is 5.32 Å². The van der Waals surface area contributed by atoms with Crippen molar-refractivity contribution in [2.45, 2.75) is 83.8 Å². The van der Waals surface area contributed by atoms with Crippen molar-refractivity contribution in [2.24, 2.45) is 5.92 Å². The Labute approximate surface area is 170 Å². The minimum absolute atomic E-state index is 0.0782. The molecule has 1 aromatic carbocycles. The van der Waals surface area contributed by atoms with E-state index in [1.807, 2.05) is 30.3 Å². The van der Waals surface area contributed by atoms with E-state index in [2.05, 4.69) is 39.2 Å². The molecule has 1 unspecified atom stereocenters. The highest BCUT2D eigenvalue weighted by Crippen LogP contribution is 2.40. The number of carbonyl (C=O) groups excluding carboxylic acids is 2. The third-order valence-corrected chi connectivity index (χ3v) is 10.5. The van der Waals surface area contributed by atoms with Crippen LogP contribution in [0.15, 0.2) is 30.3 Å². The van der Waals surface area contributed by atoms with E-state index in [0.717, 1.165) is 24.8 Å². The molecule has 5 nitrogen and oxygen atoms in total. The van der Waals surface area contributed by atoms with Crippen molar-refractivity contribution < 1.29 is 18.8 Å². The number of nitrogens with one attached hydrogen (secondary N) is 1. The van der Waals surface area contributed by atoms with Gasteiger partial charge in [0.2, 0.25) is 5.91 Å². The first kappa shape index (κ1) is 22.6. The third-order valence-electron chi connectivity index (χ3n) is 5.96. The summed E-state index contributed by atoms with van der Waals surface area (Å²) in [5.41, 5.74) is 0.927. The van der Waals surface area contributed by atoms with Gasteiger partial charge in [-0.2, -0.15) is 0 Å². The van der Waals surface area contributed by atoms with Crippen molar-refractivity contribution >= 4 is 20.2 Å². The monoisotopic (exact) mass is 405 g/mol. The van der Waals surface area contributed by atoms with Gasteiger partial charge in [0.15, 0.2) is 8.32 Å². The number of esters is 1. The van der Waals surface area contributed by atoms with Gasteiger partial charge in [0.1, 0.15) is 12.6 Å². The van der Waals surface area contributed by atoms with Crippen molar-refractivity contribution in [1.82, 2.24) is 5.32 Å². The average molecular weight is 406 g/mol. The number of amides is 1. The molecular formula is C22H35NO4Si. The molecule has 0 saturated heterocycles. The molecule has 156 valence electrons. The molecular weight excluding hydrogens is 370 g/mol. The number of rotatable bonds is 7. The van der Waals surface area contributed by atoms with Crippen molar-refractivity contribution in [3.63, 3.8) is 0 Å². The zero-order valence-electron chi connectivity index (χ0n) is 18.1.